The van der Waals surface area contributed by atoms with E-state index < -0.39 is 12.1 Å². The van der Waals surface area contributed by atoms with E-state index in [1.807, 2.05) is 12.1 Å². The van der Waals surface area contributed by atoms with Crippen molar-refractivity contribution in [3.05, 3.63) is 56.5 Å². The van der Waals surface area contributed by atoms with Crippen molar-refractivity contribution < 1.29 is 24.1 Å². The Morgan fingerprint density at radius 1 is 1.13 bits per heavy atom. The Bertz CT molecular complexity index is 1210. The molecule has 0 saturated carbocycles. The van der Waals surface area contributed by atoms with E-state index in [0.717, 1.165) is 22.4 Å². The molecule has 2 unspecified atom stereocenters. The summed E-state index contributed by atoms with van der Waals surface area (Å²) in [5.74, 6) is 0.592. The summed E-state index contributed by atoms with van der Waals surface area (Å²) >= 11 is 0. The smallest absolute Gasteiger partial charge is 0.340 e. The average Bonchev–Trinajstić information content (AvgIpc) is 3.12. The van der Waals surface area contributed by atoms with Crippen LogP contribution in [0.15, 0.2) is 28.6 Å². The van der Waals surface area contributed by atoms with Gasteiger partial charge < -0.3 is 34.9 Å². The van der Waals surface area contributed by atoms with Crippen LogP contribution in [0.1, 0.15) is 34.5 Å². The topological polar surface area (TPSA) is 125 Å². The van der Waals surface area contributed by atoms with E-state index in [0.29, 0.717) is 54.6 Å². The summed E-state index contributed by atoms with van der Waals surface area (Å²) in [4.78, 5) is 24.9. The molecule has 0 radical (unpaired) electrons. The maximum atomic E-state index is 13.1. The van der Waals surface area contributed by atoms with Crippen LogP contribution in [0.2, 0.25) is 0 Å². The number of aliphatic hydroxyl groups excluding tert-OH is 1. The van der Waals surface area contributed by atoms with E-state index in [2.05, 4.69) is 5.32 Å². The molecule has 0 aliphatic carbocycles. The van der Waals surface area contributed by atoms with E-state index in [4.69, 9.17) is 19.9 Å². The van der Waals surface area contributed by atoms with Gasteiger partial charge in [-0.2, -0.15) is 0 Å². The molecule has 4 N–H and O–H groups in total. The van der Waals surface area contributed by atoms with Crippen molar-refractivity contribution in [3.8, 4) is 11.5 Å². The first-order valence-corrected chi connectivity index (χ1v) is 9.80. The highest BCUT2D eigenvalue weighted by atomic mass is 16.6. The molecule has 0 amide bonds. The number of carbonyl (C=O) groups excluding carboxylic acids is 1. The molecule has 2 aromatic rings. The van der Waals surface area contributed by atoms with E-state index in [1.54, 1.807) is 10.6 Å². The van der Waals surface area contributed by atoms with Crippen molar-refractivity contribution in [1.29, 1.82) is 0 Å². The third-order valence-electron chi connectivity index (χ3n) is 6.22. The van der Waals surface area contributed by atoms with Gasteiger partial charge in [0.15, 0.2) is 17.6 Å². The number of hydrogen-bond acceptors (Lipinski definition) is 8. The number of esters is 1. The second-order valence-electron chi connectivity index (χ2n) is 7.73. The number of pyridine rings is 1. The number of fused-ring (bicyclic) bond motifs is 6. The minimum Gasteiger partial charge on any atom is -0.486 e. The van der Waals surface area contributed by atoms with Gasteiger partial charge in [0.05, 0.1) is 11.6 Å². The molecule has 4 aliphatic rings. The minimum atomic E-state index is -1.46. The van der Waals surface area contributed by atoms with Gasteiger partial charge in [0, 0.05) is 41.7 Å². The van der Waals surface area contributed by atoms with Crippen LogP contribution in [0.3, 0.4) is 0 Å². The van der Waals surface area contributed by atoms with Crippen LogP contribution in [-0.4, -0.2) is 35.4 Å². The number of benzene rings is 1. The number of nitrogens with zero attached hydrogens (tertiary/aromatic N) is 1. The zero-order valence-electron chi connectivity index (χ0n) is 15.9. The number of hydrogen-bond donors (Lipinski definition) is 3. The third-order valence-corrected chi connectivity index (χ3v) is 6.22. The lowest BCUT2D eigenvalue weighted by atomic mass is 9.89. The molecule has 0 spiro atoms. The minimum absolute atomic E-state index is 0.132. The van der Waals surface area contributed by atoms with Crippen LogP contribution >= 0.6 is 0 Å². The van der Waals surface area contributed by atoms with Crippen molar-refractivity contribution in [3.63, 3.8) is 0 Å². The Morgan fingerprint density at radius 2 is 1.90 bits per heavy atom. The summed E-state index contributed by atoms with van der Waals surface area (Å²) in [7, 11) is 0. The Balaban J connectivity index is 1.53. The summed E-state index contributed by atoms with van der Waals surface area (Å²) in [6.45, 7) is 1.52. The number of nitrogens with one attached hydrogen (secondary N) is 1. The molecule has 154 valence electrons. The molecule has 1 aromatic carbocycles. The predicted octanol–water partition coefficient (Wildman–Crippen LogP) is 0.602. The van der Waals surface area contributed by atoms with E-state index in [9.17, 15) is 14.7 Å². The lowest BCUT2D eigenvalue weighted by Crippen LogP contribution is -2.33. The van der Waals surface area contributed by atoms with Crippen LogP contribution < -0.4 is 26.1 Å². The second kappa shape index (κ2) is 6.10. The standard InChI is InChI=1S/C21H19N3O6/c22-6-11-9-4-16-17(29-2-1-28-16)5-14(9)23-18-12(11)7-24-15(18)3-10-13(20(24)26)8-30-21(27)19(10)25/h3-5,18-19,23,25H,1-2,6-8,22H2. The van der Waals surface area contributed by atoms with Gasteiger partial charge in [-0.15, -0.1) is 0 Å². The van der Waals surface area contributed by atoms with Crippen molar-refractivity contribution in [2.45, 2.75) is 25.3 Å². The van der Waals surface area contributed by atoms with Crippen LogP contribution in [0.4, 0.5) is 5.69 Å². The molecule has 4 aliphatic heterocycles. The van der Waals surface area contributed by atoms with Crippen LogP contribution in [-0.2, 0) is 22.7 Å². The van der Waals surface area contributed by atoms with E-state index in [1.165, 1.54) is 0 Å². The maximum Gasteiger partial charge on any atom is 0.340 e. The quantitative estimate of drug-likeness (QED) is 0.585. The van der Waals surface area contributed by atoms with E-state index in [-0.39, 0.29) is 18.2 Å². The predicted molar refractivity (Wildman–Crippen MR) is 105 cm³/mol. The first-order valence-electron chi connectivity index (χ1n) is 9.80. The van der Waals surface area contributed by atoms with Gasteiger partial charge in [-0.1, -0.05) is 0 Å². The van der Waals surface area contributed by atoms with Gasteiger partial charge in [-0.25, -0.2) is 4.79 Å². The second-order valence-corrected chi connectivity index (χ2v) is 7.73. The average molecular weight is 409 g/mol. The number of nitrogens with two attached hydrogens (primary N) is 1. The molecule has 0 bridgehead atoms. The normalized spacial score (nSPS) is 23.1. The molecular formula is C21H19N3O6. The number of aromatic nitrogens is 1. The Hall–Kier alpha value is -3.30. The van der Waals surface area contributed by atoms with Crippen molar-refractivity contribution in [2.75, 3.05) is 25.1 Å². The monoisotopic (exact) mass is 409 g/mol. The summed E-state index contributed by atoms with van der Waals surface area (Å²) < 4.78 is 18.0. The highest BCUT2D eigenvalue weighted by molar-refractivity contribution is 5.86. The highest BCUT2D eigenvalue weighted by Crippen LogP contribution is 2.48. The Labute approximate surface area is 170 Å². The molecule has 2 atom stereocenters. The van der Waals surface area contributed by atoms with Gasteiger partial charge in [0.25, 0.3) is 5.56 Å². The first kappa shape index (κ1) is 17.5. The fourth-order valence-electron chi connectivity index (χ4n) is 4.77. The molecule has 9 nitrogen and oxygen atoms in total. The molecule has 9 heteroatoms. The number of carbonyl (C=O) groups is 1. The van der Waals surface area contributed by atoms with Crippen molar-refractivity contribution >= 4 is 17.2 Å². The largest absolute Gasteiger partial charge is 0.486 e. The lowest BCUT2D eigenvalue weighted by Gasteiger charge is -2.30. The fraction of sp³-hybridized carbons (Fsp3) is 0.333. The SMILES string of the molecule is NCC1=C2Cn3c(cc4c(c3=O)COC(=O)C4O)C2Nc2cc3c(cc21)OCCO3. The number of rotatable bonds is 1. The van der Waals surface area contributed by atoms with Gasteiger partial charge >= 0.3 is 5.97 Å². The van der Waals surface area contributed by atoms with Gasteiger partial charge in [-0.3, -0.25) is 4.79 Å². The molecule has 30 heavy (non-hydrogen) atoms. The van der Waals surface area contributed by atoms with Crippen molar-refractivity contribution in [1.82, 2.24) is 4.57 Å². The fourth-order valence-corrected chi connectivity index (χ4v) is 4.77. The summed E-state index contributed by atoms with van der Waals surface area (Å²) in [5, 5.41) is 13.7. The van der Waals surface area contributed by atoms with Crippen LogP contribution in [0, 0.1) is 0 Å². The number of anilines is 1. The molecule has 1 aromatic heterocycles. The van der Waals surface area contributed by atoms with Crippen LogP contribution in [0.25, 0.3) is 5.57 Å². The molecule has 6 rings (SSSR count). The maximum absolute atomic E-state index is 13.1. The van der Waals surface area contributed by atoms with Crippen LogP contribution in [0.5, 0.6) is 11.5 Å². The third kappa shape index (κ3) is 2.24. The zero-order chi connectivity index (χ0) is 20.6. The Morgan fingerprint density at radius 3 is 2.67 bits per heavy atom. The molecule has 0 fully saturated rings. The first-order chi connectivity index (χ1) is 14.6. The summed E-state index contributed by atoms with van der Waals surface area (Å²) in [5.41, 5.74) is 10.9. The molecular weight excluding hydrogens is 390 g/mol. The van der Waals surface area contributed by atoms with E-state index >= 15 is 0 Å². The van der Waals surface area contributed by atoms with Gasteiger partial charge in [0.2, 0.25) is 0 Å². The number of cyclic esters (lactones) is 1. The Kier molecular flexibility index (Phi) is 3.57. The number of ether oxygens (including phenoxy) is 3. The highest BCUT2D eigenvalue weighted by Gasteiger charge is 2.39. The van der Waals surface area contributed by atoms with Crippen molar-refractivity contribution in [2.24, 2.45) is 5.73 Å². The van der Waals surface area contributed by atoms with Gasteiger partial charge in [0.1, 0.15) is 19.8 Å². The number of aliphatic hydroxyl groups is 1. The zero-order valence-corrected chi connectivity index (χ0v) is 15.9. The molecule has 5 heterocycles. The summed E-state index contributed by atoms with van der Waals surface area (Å²) in [6.07, 6.45) is -1.46. The lowest BCUT2D eigenvalue weighted by molar-refractivity contribution is -0.157. The summed E-state index contributed by atoms with van der Waals surface area (Å²) in [6, 6.07) is 5.25. The van der Waals surface area contributed by atoms with Gasteiger partial charge in [-0.05, 0) is 23.3 Å². The molecule has 0 saturated heterocycles.